The van der Waals surface area contributed by atoms with E-state index in [9.17, 15) is 9.59 Å². The van der Waals surface area contributed by atoms with E-state index in [4.69, 9.17) is 4.74 Å². The van der Waals surface area contributed by atoms with Crippen LogP contribution < -0.4 is 5.32 Å². The van der Waals surface area contributed by atoms with Crippen LogP contribution >= 0.6 is 0 Å². The number of carbonyl (C=O) groups excluding carboxylic acids is 2. The Bertz CT molecular complexity index is 744. The van der Waals surface area contributed by atoms with Crippen LogP contribution in [0, 0.1) is 0 Å². The fraction of sp³-hybridized carbons (Fsp3) is 0.389. The molecule has 2 aromatic rings. The molecule has 1 aromatic heterocycles. The third-order valence-electron chi connectivity index (χ3n) is 4.36. The number of amides is 2. The molecule has 0 aliphatic carbocycles. The van der Waals surface area contributed by atoms with Crippen molar-refractivity contribution in [2.75, 3.05) is 13.2 Å². The first kappa shape index (κ1) is 17.2. The maximum Gasteiger partial charge on any atom is 0.254 e. The molecule has 0 saturated carbocycles. The summed E-state index contributed by atoms with van der Waals surface area (Å²) in [6, 6.07) is 8.92. The minimum atomic E-state index is -0.750. The van der Waals surface area contributed by atoms with Gasteiger partial charge in [0.1, 0.15) is 12.4 Å². The molecule has 132 valence electrons. The molecule has 1 aromatic carbocycles. The van der Waals surface area contributed by atoms with Gasteiger partial charge in [0, 0.05) is 26.0 Å². The predicted molar refractivity (Wildman–Crippen MR) is 91.4 cm³/mol. The van der Waals surface area contributed by atoms with E-state index in [1.165, 1.54) is 0 Å². The van der Waals surface area contributed by atoms with Crippen LogP contribution in [0.5, 0.6) is 0 Å². The molecule has 2 atom stereocenters. The molecule has 1 aliphatic heterocycles. The Morgan fingerprint density at radius 3 is 2.80 bits per heavy atom. The van der Waals surface area contributed by atoms with E-state index in [1.54, 1.807) is 11.1 Å². The van der Waals surface area contributed by atoms with E-state index in [1.807, 2.05) is 55.1 Å². The van der Waals surface area contributed by atoms with E-state index in [2.05, 4.69) is 10.3 Å². The van der Waals surface area contributed by atoms with Crippen LogP contribution in [0.15, 0.2) is 42.7 Å². The molecule has 1 saturated heterocycles. The highest BCUT2D eigenvalue weighted by Crippen LogP contribution is 2.24. The second-order valence-corrected chi connectivity index (χ2v) is 5.99. The largest absolute Gasteiger partial charge is 0.356 e. The number of hydrogen-bond donors (Lipinski definition) is 1. The number of carbonyl (C=O) groups is 2. The SMILES string of the molecule is CCN(Cc1nccn1C)C(=O)[C@H]1OCC(=O)N[C@@H]1c1ccccc1. The smallest absolute Gasteiger partial charge is 0.254 e. The van der Waals surface area contributed by atoms with Crippen molar-refractivity contribution in [2.24, 2.45) is 7.05 Å². The summed E-state index contributed by atoms with van der Waals surface area (Å²) >= 11 is 0. The lowest BCUT2D eigenvalue weighted by Crippen LogP contribution is -2.53. The molecule has 0 radical (unpaired) electrons. The Hall–Kier alpha value is -2.67. The number of rotatable bonds is 5. The van der Waals surface area contributed by atoms with Gasteiger partial charge in [-0.1, -0.05) is 30.3 Å². The average Bonchev–Trinajstić information content (AvgIpc) is 3.04. The molecule has 7 heteroatoms. The van der Waals surface area contributed by atoms with E-state index in [0.717, 1.165) is 11.4 Å². The minimum Gasteiger partial charge on any atom is -0.356 e. The monoisotopic (exact) mass is 342 g/mol. The zero-order valence-electron chi connectivity index (χ0n) is 14.4. The van der Waals surface area contributed by atoms with E-state index in [0.29, 0.717) is 13.1 Å². The van der Waals surface area contributed by atoms with Gasteiger partial charge in [-0.15, -0.1) is 0 Å². The molecular formula is C18H22N4O3. The van der Waals surface area contributed by atoms with Gasteiger partial charge >= 0.3 is 0 Å². The van der Waals surface area contributed by atoms with Crippen molar-refractivity contribution < 1.29 is 14.3 Å². The molecule has 1 N–H and O–H groups in total. The van der Waals surface area contributed by atoms with Gasteiger partial charge in [0.2, 0.25) is 5.91 Å². The number of benzene rings is 1. The van der Waals surface area contributed by atoms with Gasteiger partial charge in [0.05, 0.1) is 12.6 Å². The summed E-state index contributed by atoms with van der Waals surface area (Å²) < 4.78 is 7.50. The average molecular weight is 342 g/mol. The van der Waals surface area contributed by atoms with Crippen LogP contribution in [0.1, 0.15) is 24.4 Å². The lowest BCUT2D eigenvalue weighted by molar-refractivity contribution is -0.155. The number of morpholine rings is 1. The number of hydrogen-bond acceptors (Lipinski definition) is 4. The van der Waals surface area contributed by atoms with Gasteiger partial charge in [0.25, 0.3) is 5.91 Å². The van der Waals surface area contributed by atoms with Crippen LogP contribution in [0.3, 0.4) is 0 Å². The topological polar surface area (TPSA) is 76.5 Å². The van der Waals surface area contributed by atoms with Gasteiger partial charge < -0.3 is 19.5 Å². The van der Waals surface area contributed by atoms with Crippen molar-refractivity contribution in [1.29, 1.82) is 0 Å². The summed E-state index contributed by atoms with van der Waals surface area (Å²) in [4.78, 5) is 30.8. The van der Waals surface area contributed by atoms with Gasteiger partial charge in [0.15, 0.2) is 6.10 Å². The molecule has 2 amide bonds. The Kier molecular flexibility index (Phi) is 5.14. The standard InChI is InChI=1S/C18H22N4O3/c1-3-22(11-14-19-9-10-21(14)2)18(24)17-16(20-15(23)12-25-17)13-7-5-4-6-8-13/h4-10,16-17H,3,11-12H2,1-2H3,(H,20,23)/t16-,17+/m1/s1. The number of imidazole rings is 1. The molecule has 1 fully saturated rings. The van der Waals surface area contributed by atoms with Crippen LogP contribution in [0.25, 0.3) is 0 Å². The van der Waals surface area contributed by atoms with Crippen molar-refractivity contribution in [3.05, 3.63) is 54.1 Å². The third-order valence-corrected chi connectivity index (χ3v) is 4.36. The summed E-state index contributed by atoms with van der Waals surface area (Å²) in [6.07, 6.45) is 2.80. The number of aryl methyl sites for hydroxylation is 1. The first-order valence-electron chi connectivity index (χ1n) is 8.31. The van der Waals surface area contributed by atoms with Crippen molar-refractivity contribution >= 4 is 11.8 Å². The molecule has 7 nitrogen and oxygen atoms in total. The van der Waals surface area contributed by atoms with Crippen molar-refractivity contribution in [1.82, 2.24) is 19.8 Å². The summed E-state index contributed by atoms with van der Waals surface area (Å²) in [7, 11) is 1.89. The maximum absolute atomic E-state index is 13.1. The van der Waals surface area contributed by atoms with Gasteiger partial charge in [-0.2, -0.15) is 0 Å². The zero-order chi connectivity index (χ0) is 17.8. The van der Waals surface area contributed by atoms with Crippen LogP contribution in [-0.2, 0) is 27.9 Å². The van der Waals surface area contributed by atoms with Crippen molar-refractivity contribution in [2.45, 2.75) is 25.6 Å². The van der Waals surface area contributed by atoms with Crippen LogP contribution in [0.2, 0.25) is 0 Å². The van der Waals surface area contributed by atoms with Crippen LogP contribution in [0.4, 0.5) is 0 Å². The lowest BCUT2D eigenvalue weighted by Gasteiger charge is -2.34. The highest BCUT2D eigenvalue weighted by Gasteiger charge is 2.38. The quantitative estimate of drug-likeness (QED) is 0.880. The zero-order valence-corrected chi connectivity index (χ0v) is 14.4. The molecule has 0 spiro atoms. The Labute approximate surface area is 146 Å². The summed E-state index contributed by atoms with van der Waals surface area (Å²) in [5.41, 5.74) is 0.849. The highest BCUT2D eigenvalue weighted by atomic mass is 16.5. The fourth-order valence-corrected chi connectivity index (χ4v) is 2.93. The number of aromatic nitrogens is 2. The van der Waals surface area contributed by atoms with Crippen LogP contribution in [-0.4, -0.2) is 45.5 Å². The predicted octanol–water partition coefficient (Wildman–Crippen LogP) is 1.02. The number of ether oxygens (including phenoxy) is 1. The number of nitrogens with one attached hydrogen (secondary N) is 1. The highest BCUT2D eigenvalue weighted by molar-refractivity contribution is 5.86. The van der Waals surface area contributed by atoms with E-state index >= 15 is 0 Å². The Morgan fingerprint density at radius 1 is 1.40 bits per heavy atom. The van der Waals surface area contributed by atoms with E-state index < -0.39 is 12.1 Å². The first-order chi connectivity index (χ1) is 12.1. The molecule has 0 unspecified atom stereocenters. The molecule has 1 aliphatic rings. The first-order valence-corrected chi connectivity index (χ1v) is 8.31. The molecule has 3 rings (SSSR count). The molecule has 25 heavy (non-hydrogen) atoms. The maximum atomic E-state index is 13.1. The second kappa shape index (κ2) is 7.48. The fourth-order valence-electron chi connectivity index (χ4n) is 2.93. The normalized spacial score (nSPS) is 20.2. The third kappa shape index (κ3) is 3.71. The van der Waals surface area contributed by atoms with Crippen molar-refractivity contribution in [3.63, 3.8) is 0 Å². The number of nitrogens with zero attached hydrogens (tertiary/aromatic N) is 3. The summed E-state index contributed by atoms with van der Waals surface area (Å²) in [5.74, 6) is 0.427. The Balaban J connectivity index is 1.82. The van der Waals surface area contributed by atoms with E-state index in [-0.39, 0.29) is 18.4 Å². The lowest BCUT2D eigenvalue weighted by atomic mass is 9.99. The summed E-state index contributed by atoms with van der Waals surface area (Å²) in [5, 5.41) is 2.88. The second-order valence-electron chi connectivity index (χ2n) is 5.99. The molecule has 2 heterocycles. The Morgan fingerprint density at radius 2 is 2.16 bits per heavy atom. The molecular weight excluding hydrogens is 320 g/mol. The van der Waals surface area contributed by atoms with Crippen molar-refractivity contribution in [3.8, 4) is 0 Å². The minimum absolute atomic E-state index is 0.111. The number of likely N-dealkylation sites (N-methyl/N-ethyl adjacent to an activating group) is 1. The van der Waals surface area contributed by atoms with Gasteiger partial charge in [-0.25, -0.2) is 4.98 Å². The molecule has 0 bridgehead atoms. The van der Waals surface area contributed by atoms with Gasteiger partial charge in [-0.05, 0) is 12.5 Å². The van der Waals surface area contributed by atoms with Gasteiger partial charge in [-0.3, -0.25) is 9.59 Å². The summed E-state index contributed by atoms with van der Waals surface area (Å²) in [6.45, 7) is 2.73.